The monoisotopic (exact) mass is 398 g/mol. The maximum Gasteiger partial charge on any atom is 0.269 e. The van der Waals surface area contributed by atoms with Gasteiger partial charge in [0.15, 0.2) is 5.13 Å². The first-order valence-corrected chi connectivity index (χ1v) is 10.1. The molecule has 26 heavy (non-hydrogen) atoms. The number of anilines is 1. The minimum atomic E-state index is -0.224. The fraction of sp³-hybridized carbons (Fsp3) is 0.100. The van der Waals surface area contributed by atoms with Crippen LogP contribution < -0.4 is 5.32 Å². The van der Waals surface area contributed by atoms with E-state index < -0.39 is 0 Å². The molecule has 1 amide bonds. The zero-order valence-electron chi connectivity index (χ0n) is 14.2. The summed E-state index contributed by atoms with van der Waals surface area (Å²) in [7, 11) is 0. The van der Waals surface area contributed by atoms with Gasteiger partial charge in [0.05, 0.1) is 10.7 Å². The largest absolute Gasteiger partial charge is 0.297 e. The van der Waals surface area contributed by atoms with Crippen LogP contribution in [0.25, 0.3) is 21.3 Å². The van der Waals surface area contributed by atoms with E-state index in [1.54, 1.807) is 0 Å². The molecule has 0 fully saturated rings. The number of aromatic nitrogens is 1. The van der Waals surface area contributed by atoms with Gasteiger partial charge in [-0.3, -0.25) is 10.1 Å². The molecule has 130 valence electrons. The van der Waals surface area contributed by atoms with Gasteiger partial charge in [-0.2, -0.15) is 0 Å². The summed E-state index contributed by atoms with van der Waals surface area (Å²) < 4.78 is 0.998. The van der Waals surface area contributed by atoms with Crippen molar-refractivity contribution in [2.45, 2.75) is 13.8 Å². The Kier molecular flexibility index (Phi) is 4.53. The van der Waals surface area contributed by atoms with Gasteiger partial charge >= 0.3 is 0 Å². The molecule has 2 heterocycles. The summed E-state index contributed by atoms with van der Waals surface area (Å²) in [5, 5.41) is 6.80. The Morgan fingerprint density at radius 2 is 1.96 bits per heavy atom. The highest BCUT2D eigenvalue weighted by Crippen LogP contribution is 2.36. The molecule has 1 N–H and O–H groups in total. The van der Waals surface area contributed by atoms with Crippen LogP contribution in [0.4, 0.5) is 5.13 Å². The summed E-state index contributed by atoms with van der Waals surface area (Å²) >= 11 is 9.19. The zero-order chi connectivity index (χ0) is 18.3. The van der Waals surface area contributed by atoms with Crippen molar-refractivity contribution in [3.05, 3.63) is 68.9 Å². The van der Waals surface area contributed by atoms with Gasteiger partial charge in [0.25, 0.3) is 5.91 Å². The van der Waals surface area contributed by atoms with Crippen molar-refractivity contribution >= 4 is 55.4 Å². The van der Waals surface area contributed by atoms with Crippen molar-refractivity contribution < 1.29 is 4.79 Å². The number of benzene rings is 2. The van der Waals surface area contributed by atoms with Crippen LogP contribution in [0.3, 0.4) is 0 Å². The van der Waals surface area contributed by atoms with Gasteiger partial charge in [-0.1, -0.05) is 53.6 Å². The van der Waals surface area contributed by atoms with E-state index in [1.807, 2.05) is 29.6 Å². The first-order valence-electron chi connectivity index (χ1n) is 8.04. The first-order chi connectivity index (χ1) is 12.5. The van der Waals surface area contributed by atoms with Crippen LogP contribution in [0.5, 0.6) is 0 Å². The predicted molar refractivity (Wildman–Crippen MR) is 112 cm³/mol. The summed E-state index contributed by atoms with van der Waals surface area (Å²) in [6, 6.07) is 14.0. The van der Waals surface area contributed by atoms with Gasteiger partial charge in [0.1, 0.15) is 4.88 Å². The van der Waals surface area contributed by atoms with Gasteiger partial charge < -0.3 is 0 Å². The molecule has 0 aliphatic heterocycles. The number of hydrogen-bond acceptors (Lipinski definition) is 4. The second-order valence-electron chi connectivity index (χ2n) is 6.05. The van der Waals surface area contributed by atoms with Gasteiger partial charge in [-0.05, 0) is 25.5 Å². The maximum atomic E-state index is 12.6. The van der Waals surface area contributed by atoms with Crippen molar-refractivity contribution in [2.24, 2.45) is 0 Å². The van der Waals surface area contributed by atoms with Crippen molar-refractivity contribution in [3.63, 3.8) is 0 Å². The fourth-order valence-electron chi connectivity index (χ4n) is 2.87. The quantitative estimate of drug-likeness (QED) is 0.425. The summed E-state index contributed by atoms with van der Waals surface area (Å²) in [6.07, 6.45) is 0. The number of halogens is 1. The van der Waals surface area contributed by atoms with Crippen LogP contribution in [0.2, 0.25) is 5.02 Å². The number of nitrogens with one attached hydrogen (secondary N) is 1. The van der Waals surface area contributed by atoms with E-state index in [4.69, 9.17) is 11.6 Å². The number of carbonyl (C=O) groups excluding carboxylic acids is 1. The predicted octanol–water partition coefficient (Wildman–Crippen LogP) is 6.55. The zero-order valence-corrected chi connectivity index (χ0v) is 16.6. The number of thiophene rings is 1. The molecule has 0 atom stereocenters. The van der Waals surface area contributed by atoms with Crippen molar-refractivity contribution in [1.29, 1.82) is 0 Å². The molecule has 0 aliphatic rings. The molecule has 3 nitrogen and oxygen atoms in total. The van der Waals surface area contributed by atoms with Gasteiger partial charge in [-0.25, -0.2) is 4.98 Å². The maximum absolute atomic E-state index is 12.6. The smallest absolute Gasteiger partial charge is 0.269 e. The van der Waals surface area contributed by atoms with E-state index in [-0.39, 0.29) is 5.91 Å². The first kappa shape index (κ1) is 17.2. The number of carbonyl (C=O) groups is 1. The number of thiazole rings is 1. The highest BCUT2D eigenvalue weighted by Gasteiger charge is 2.18. The molecule has 4 aromatic rings. The Morgan fingerprint density at radius 3 is 2.73 bits per heavy atom. The molecule has 0 bridgehead atoms. The van der Waals surface area contributed by atoms with Crippen LogP contribution in [0.1, 0.15) is 20.8 Å². The minimum absolute atomic E-state index is 0.224. The van der Waals surface area contributed by atoms with Crippen molar-refractivity contribution in [1.82, 2.24) is 4.98 Å². The third-order valence-electron chi connectivity index (χ3n) is 4.12. The number of nitrogens with zero attached hydrogens (tertiary/aromatic N) is 1. The highest BCUT2D eigenvalue weighted by molar-refractivity contribution is 7.21. The summed E-state index contributed by atoms with van der Waals surface area (Å²) in [6.45, 7) is 4.13. The molecule has 6 heteroatoms. The Labute approximate surface area is 164 Å². The second kappa shape index (κ2) is 6.83. The number of aryl methyl sites for hydroxylation is 2. The summed E-state index contributed by atoms with van der Waals surface area (Å²) in [5.41, 5.74) is 4.33. The van der Waals surface area contributed by atoms with E-state index in [1.165, 1.54) is 33.8 Å². The Bertz CT molecular complexity index is 1130. The van der Waals surface area contributed by atoms with E-state index in [9.17, 15) is 4.79 Å². The molecule has 4 rings (SSSR count). The average molecular weight is 399 g/mol. The molecular weight excluding hydrogens is 384 g/mol. The van der Waals surface area contributed by atoms with E-state index in [0.29, 0.717) is 15.0 Å². The highest BCUT2D eigenvalue weighted by atomic mass is 35.5. The molecule has 0 radical (unpaired) electrons. The standard InChI is InChI=1S/C20H15ClN2OS2/c1-11-7-8-13(12(2)9-11)15-10-25-20(22-15)23-19(24)18-17(21)14-5-3-4-6-16(14)26-18/h3-10H,1-2H3,(H,22,23,24). The van der Waals surface area contributed by atoms with Crippen LogP contribution in [-0.2, 0) is 0 Å². The molecule has 0 spiro atoms. The molecule has 0 unspecified atom stereocenters. The average Bonchev–Trinajstić information content (AvgIpc) is 3.20. The number of fused-ring (bicyclic) bond motifs is 1. The van der Waals surface area contributed by atoms with Crippen LogP contribution in [0, 0.1) is 13.8 Å². The Morgan fingerprint density at radius 1 is 1.15 bits per heavy atom. The van der Waals surface area contributed by atoms with Crippen LogP contribution in [0.15, 0.2) is 47.8 Å². The SMILES string of the molecule is Cc1ccc(-c2csc(NC(=O)c3sc4ccccc4c3Cl)n2)c(C)c1. The molecule has 0 saturated carbocycles. The number of amides is 1. The number of rotatable bonds is 3. The van der Waals surface area contributed by atoms with E-state index >= 15 is 0 Å². The summed E-state index contributed by atoms with van der Waals surface area (Å²) in [4.78, 5) is 17.7. The van der Waals surface area contributed by atoms with Gasteiger partial charge in [0, 0.05) is 21.0 Å². The minimum Gasteiger partial charge on any atom is -0.297 e. The lowest BCUT2D eigenvalue weighted by Crippen LogP contribution is -2.10. The third-order valence-corrected chi connectivity index (χ3v) is 6.56. The number of hydrogen-bond donors (Lipinski definition) is 1. The van der Waals surface area contributed by atoms with Gasteiger partial charge in [0.2, 0.25) is 0 Å². The summed E-state index contributed by atoms with van der Waals surface area (Å²) in [5.74, 6) is -0.224. The van der Waals surface area contributed by atoms with Crippen LogP contribution >= 0.6 is 34.3 Å². The Hall–Kier alpha value is -2.21. The van der Waals surface area contributed by atoms with Crippen LogP contribution in [-0.4, -0.2) is 10.9 Å². The van der Waals surface area contributed by atoms with Gasteiger partial charge in [-0.15, -0.1) is 22.7 Å². The lowest BCUT2D eigenvalue weighted by Gasteiger charge is -2.03. The molecular formula is C20H15ClN2OS2. The lowest BCUT2D eigenvalue weighted by molar-refractivity contribution is 0.103. The molecule has 0 aliphatic carbocycles. The van der Waals surface area contributed by atoms with Crippen molar-refractivity contribution in [3.8, 4) is 11.3 Å². The molecule has 2 aromatic heterocycles. The van der Waals surface area contributed by atoms with E-state index in [2.05, 4.69) is 42.3 Å². The fourth-order valence-corrected chi connectivity index (χ4v) is 4.99. The molecule has 0 saturated heterocycles. The molecule has 2 aromatic carbocycles. The third kappa shape index (κ3) is 3.14. The second-order valence-corrected chi connectivity index (χ2v) is 8.34. The normalized spacial score (nSPS) is 11.0. The Balaban J connectivity index is 1.60. The topological polar surface area (TPSA) is 42.0 Å². The lowest BCUT2D eigenvalue weighted by atomic mass is 10.0. The van der Waals surface area contributed by atoms with Crippen molar-refractivity contribution in [2.75, 3.05) is 5.32 Å². The van der Waals surface area contributed by atoms with E-state index in [0.717, 1.165) is 21.3 Å².